The second kappa shape index (κ2) is 3.38. The van der Waals surface area contributed by atoms with Crippen molar-refractivity contribution >= 4 is 5.69 Å². The van der Waals surface area contributed by atoms with E-state index in [9.17, 15) is 0 Å². The number of nitrogens with one attached hydrogen (secondary N) is 1. The van der Waals surface area contributed by atoms with Crippen LogP contribution in [0.25, 0.3) is 0 Å². The molecule has 2 rings (SSSR count). The molecule has 0 aromatic heterocycles. The smallest absolute Gasteiger partial charge is 0.0352 e. The number of nitrogen functional groups attached to an aromatic ring is 1. The summed E-state index contributed by atoms with van der Waals surface area (Å²) in [5.74, 6) is 0.626. The molecule has 70 valence electrons. The number of nitrogens with two attached hydrogens (primary N) is 1. The average Bonchev–Trinajstić information content (AvgIpc) is 2.56. The third kappa shape index (κ3) is 1.68. The second-order valence-electron chi connectivity index (χ2n) is 3.82. The summed E-state index contributed by atoms with van der Waals surface area (Å²) in [7, 11) is 0. The first-order valence-electron chi connectivity index (χ1n) is 4.84. The highest BCUT2D eigenvalue weighted by Crippen LogP contribution is 2.27. The van der Waals surface area contributed by atoms with Gasteiger partial charge >= 0.3 is 0 Å². The van der Waals surface area contributed by atoms with Gasteiger partial charge in [-0.1, -0.05) is 12.1 Å². The zero-order valence-electron chi connectivity index (χ0n) is 8.01. The average molecular weight is 176 g/mol. The Labute approximate surface area is 79.1 Å². The summed E-state index contributed by atoms with van der Waals surface area (Å²) >= 11 is 0. The molecule has 3 N–H and O–H groups in total. The van der Waals surface area contributed by atoms with Crippen LogP contribution in [-0.2, 0) is 0 Å². The van der Waals surface area contributed by atoms with E-state index >= 15 is 0 Å². The van der Waals surface area contributed by atoms with E-state index in [1.54, 1.807) is 0 Å². The maximum absolute atomic E-state index is 5.97. The molecule has 0 amide bonds. The summed E-state index contributed by atoms with van der Waals surface area (Å²) < 4.78 is 0. The van der Waals surface area contributed by atoms with Crippen molar-refractivity contribution in [3.8, 4) is 0 Å². The van der Waals surface area contributed by atoms with E-state index in [1.807, 2.05) is 0 Å². The van der Waals surface area contributed by atoms with Gasteiger partial charge in [-0.05, 0) is 43.0 Å². The van der Waals surface area contributed by atoms with Crippen LogP contribution in [0.1, 0.15) is 23.5 Å². The van der Waals surface area contributed by atoms with Crippen molar-refractivity contribution in [2.24, 2.45) is 0 Å². The molecule has 0 bridgehead atoms. The number of hydrogen-bond acceptors (Lipinski definition) is 2. The number of aryl methyl sites for hydroxylation is 1. The monoisotopic (exact) mass is 176 g/mol. The molecule has 13 heavy (non-hydrogen) atoms. The molecule has 1 saturated heterocycles. The minimum atomic E-state index is 0.626. The molecule has 0 unspecified atom stereocenters. The van der Waals surface area contributed by atoms with Gasteiger partial charge in [0.15, 0.2) is 0 Å². The van der Waals surface area contributed by atoms with Gasteiger partial charge in [0, 0.05) is 12.2 Å². The Hall–Kier alpha value is -1.02. The molecule has 1 fully saturated rings. The number of rotatable bonds is 1. The van der Waals surface area contributed by atoms with Crippen molar-refractivity contribution in [3.63, 3.8) is 0 Å². The largest absolute Gasteiger partial charge is 0.398 e. The maximum Gasteiger partial charge on any atom is 0.0352 e. The first kappa shape index (κ1) is 8.57. The molecule has 2 nitrogen and oxygen atoms in total. The number of anilines is 1. The standard InChI is InChI=1S/C11H16N2/c1-8-2-3-10(11(12)6-8)9-4-5-13-7-9/h2-3,6,9,13H,4-5,7,12H2,1H3/t9-/m0/s1. The third-order valence-electron chi connectivity index (χ3n) is 2.74. The van der Waals surface area contributed by atoms with Crippen molar-refractivity contribution in [1.82, 2.24) is 5.32 Å². The Bertz CT molecular complexity index is 301. The maximum atomic E-state index is 5.97. The number of benzene rings is 1. The second-order valence-corrected chi connectivity index (χ2v) is 3.82. The Kier molecular flexibility index (Phi) is 2.23. The molecular formula is C11H16N2. The Morgan fingerprint density at radius 2 is 2.31 bits per heavy atom. The van der Waals surface area contributed by atoms with E-state index in [4.69, 9.17) is 5.73 Å². The van der Waals surface area contributed by atoms with Crippen molar-refractivity contribution in [2.75, 3.05) is 18.8 Å². The molecule has 0 radical (unpaired) electrons. The van der Waals surface area contributed by atoms with Crippen molar-refractivity contribution in [2.45, 2.75) is 19.3 Å². The van der Waals surface area contributed by atoms with Gasteiger partial charge in [-0.25, -0.2) is 0 Å². The van der Waals surface area contributed by atoms with Crippen LogP contribution in [0.15, 0.2) is 18.2 Å². The molecule has 1 aliphatic rings. The molecule has 1 heterocycles. The van der Waals surface area contributed by atoms with Crippen LogP contribution < -0.4 is 11.1 Å². The zero-order valence-corrected chi connectivity index (χ0v) is 8.01. The molecule has 2 heteroatoms. The van der Waals surface area contributed by atoms with Crippen LogP contribution in [-0.4, -0.2) is 13.1 Å². The summed E-state index contributed by atoms with van der Waals surface area (Å²) in [5, 5.41) is 3.36. The molecule has 1 aromatic rings. The van der Waals surface area contributed by atoms with Crippen LogP contribution in [0, 0.1) is 6.92 Å². The van der Waals surface area contributed by atoms with Crippen LogP contribution in [0.3, 0.4) is 0 Å². The SMILES string of the molecule is Cc1ccc([C@H]2CCNC2)c(N)c1. The molecular weight excluding hydrogens is 160 g/mol. The normalized spacial score (nSPS) is 22.1. The van der Waals surface area contributed by atoms with Crippen LogP contribution >= 0.6 is 0 Å². The Morgan fingerprint density at radius 3 is 2.92 bits per heavy atom. The summed E-state index contributed by atoms with van der Waals surface area (Å²) in [5.41, 5.74) is 9.48. The summed E-state index contributed by atoms with van der Waals surface area (Å²) in [6.07, 6.45) is 1.22. The third-order valence-corrected chi connectivity index (χ3v) is 2.74. The molecule has 0 saturated carbocycles. The molecule has 0 aliphatic carbocycles. The van der Waals surface area contributed by atoms with Gasteiger partial charge in [-0.2, -0.15) is 0 Å². The molecule has 1 aliphatic heterocycles. The minimum absolute atomic E-state index is 0.626. The molecule has 1 atom stereocenters. The van der Waals surface area contributed by atoms with Gasteiger partial charge in [-0.3, -0.25) is 0 Å². The van der Waals surface area contributed by atoms with E-state index in [2.05, 4.69) is 30.4 Å². The lowest BCUT2D eigenvalue weighted by atomic mass is 9.96. The van der Waals surface area contributed by atoms with Gasteiger partial charge < -0.3 is 11.1 Å². The van der Waals surface area contributed by atoms with Crippen LogP contribution in [0.5, 0.6) is 0 Å². The lowest BCUT2D eigenvalue weighted by Gasteiger charge is -2.12. The Balaban J connectivity index is 2.29. The lowest BCUT2D eigenvalue weighted by Crippen LogP contribution is -2.09. The van der Waals surface area contributed by atoms with Gasteiger partial charge in [0.25, 0.3) is 0 Å². The van der Waals surface area contributed by atoms with E-state index in [0.717, 1.165) is 18.8 Å². The zero-order chi connectivity index (χ0) is 9.26. The summed E-state index contributed by atoms with van der Waals surface area (Å²) in [6.45, 7) is 4.28. The quantitative estimate of drug-likeness (QED) is 0.638. The highest BCUT2D eigenvalue weighted by atomic mass is 14.9. The Morgan fingerprint density at radius 1 is 1.46 bits per heavy atom. The van der Waals surface area contributed by atoms with E-state index in [0.29, 0.717) is 5.92 Å². The fourth-order valence-corrected chi connectivity index (χ4v) is 1.99. The van der Waals surface area contributed by atoms with Crippen molar-refractivity contribution in [3.05, 3.63) is 29.3 Å². The van der Waals surface area contributed by atoms with Crippen LogP contribution in [0.2, 0.25) is 0 Å². The van der Waals surface area contributed by atoms with Crippen molar-refractivity contribution < 1.29 is 0 Å². The van der Waals surface area contributed by atoms with E-state index < -0.39 is 0 Å². The van der Waals surface area contributed by atoms with Gasteiger partial charge in [0.1, 0.15) is 0 Å². The fraction of sp³-hybridized carbons (Fsp3) is 0.455. The first-order valence-corrected chi connectivity index (χ1v) is 4.84. The van der Waals surface area contributed by atoms with Gasteiger partial charge in [0.05, 0.1) is 0 Å². The topological polar surface area (TPSA) is 38.0 Å². The minimum Gasteiger partial charge on any atom is -0.398 e. The van der Waals surface area contributed by atoms with Gasteiger partial charge in [-0.15, -0.1) is 0 Å². The highest BCUT2D eigenvalue weighted by Gasteiger charge is 2.18. The highest BCUT2D eigenvalue weighted by molar-refractivity contribution is 5.51. The molecule has 0 spiro atoms. The first-order chi connectivity index (χ1) is 6.27. The lowest BCUT2D eigenvalue weighted by molar-refractivity contribution is 0.765. The van der Waals surface area contributed by atoms with Crippen LogP contribution in [0.4, 0.5) is 5.69 Å². The molecule has 1 aromatic carbocycles. The fourth-order valence-electron chi connectivity index (χ4n) is 1.99. The van der Waals surface area contributed by atoms with E-state index in [-0.39, 0.29) is 0 Å². The van der Waals surface area contributed by atoms with Gasteiger partial charge in [0.2, 0.25) is 0 Å². The predicted molar refractivity (Wildman–Crippen MR) is 55.8 cm³/mol. The predicted octanol–water partition coefficient (Wildman–Crippen LogP) is 1.65. The summed E-state index contributed by atoms with van der Waals surface area (Å²) in [4.78, 5) is 0. The number of hydrogen-bond donors (Lipinski definition) is 2. The van der Waals surface area contributed by atoms with Crippen molar-refractivity contribution in [1.29, 1.82) is 0 Å². The van der Waals surface area contributed by atoms with E-state index in [1.165, 1.54) is 17.5 Å². The summed E-state index contributed by atoms with van der Waals surface area (Å²) in [6, 6.07) is 6.38.